The summed E-state index contributed by atoms with van der Waals surface area (Å²) in [5.74, 6) is 0.626. The Balaban J connectivity index is 1.29. The van der Waals surface area contributed by atoms with Crippen LogP contribution >= 0.6 is 0 Å². The van der Waals surface area contributed by atoms with Crippen molar-refractivity contribution in [3.8, 4) is 5.88 Å². The first kappa shape index (κ1) is 27.4. The lowest BCUT2D eigenvalue weighted by Crippen LogP contribution is -2.68. The molecule has 4 fully saturated rings. The van der Waals surface area contributed by atoms with Crippen molar-refractivity contribution in [1.29, 1.82) is 0 Å². The standard InChI is InChI=1S/C26H36F2N6O5/c1-25(2,3)34-21(29-23(35)17-9-22(32-33(17)4)38-13-20(27)28)8-16(31-34)15-6-18(37-5)19(7-15)39-24(36)30-26-10-14(11-26)12-26/h8-9,14-15,18-20H,6-7,10-13H2,1-5H3,(H,29,35)(H,30,36)/t14?,15-,18+,19-,26?/m0/s1. The van der Waals surface area contributed by atoms with Crippen LogP contribution in [-0.4, -0.2) is 69.5 Å². The number of alkyl carbamates (subject to hydrolysis) is 1. The molecule has 0 radical (unpaired) electrons. The first-order valence-corrected chi connectivity index (χ1v) is 13.2. The van der Waals surface area contributed by atoms with Gasteiger partial charge in [-0.05, 0) is 58.8 Å². The molecule has 4 aliphatic rings. The van der Waals surface area contributed by atoms with Gasteiger partial charge in [0.2, 0.25) is 5.88 Å². The van der Waals surface area contributed by atoms with Gasteiger partial charge in [0.05, 0.1) is 17.3 Å². The number of methoxy groups -OCH3 is 1. The number of hydrogen-bond acceptors (Lipinski definition) is 7. The molecule has 2 heterocycles. The predicted octanol–water partition coefficient (Wildman–Crippen LogP) is 3.81. The van der Waals surface area contributed by atoms with Gasteiger partial charge in [0.25, 0.3) is 12.3 Å². The van der Waals surface area contributed by atoms with Gasteiger partial charge >= 0.3 is 6.09 Å². The number of amides is 2. The second-order valence-electron chi connectivity index (χ2n) is 12.0. The lowest BCUT2D eigenvalue weighted by atomic mass is 9.50. The highest BCUT2D eigenvalue weighted by Crippen LogP contribution is 2.57. The van der Waals surface area contributed by atoms with Crippen LogP contribution in [0.5, 0.6) is 5.88 Å². The molecule has 2 bridgehead atoms. The number of halogens is 2. The molecule has 0 aliphatic heterocycles. The average Bonchev–Trinajstić information content (AvgIpc) is 3.50. The Labute approximate surface area is 225 Å². The molecule has 2 aromatic heterocycles. The van der Waals surface area contributed by atoms with Gasteiger partial charge in [0, 0.05) is 37.7 Å². The van der Waals surface area contributed by atoms with Crippen molar-refractivity contribution in [3.63, 3.8) is 0 Å². The zero-order chi connectivity index (χ0) is 28.1. The van der Waals surface area contributed by atoms with Gasteiger partial charge in [-0.1, -0.05) is 0 Å². The number of nitrogens with zero attached hydrogens (tertiary/aromatic N) is 4. The van der Waals surface area contributed by atoms with E-state index < -0.39 is 36.7 Å². The molecular weight excluding hydrogens is 514 g/mol. The minimum absolute atomic E-state index is 0.0481. The second kappa shape index (κ2) is 10.1. The Bertz CT molecular complexity index is 1220. The number of anilines is 1. The number of carbonyl (C=O) groups is 2. The molecule has 0 unspecified atom stereocenters. The van der Waals surface area contributed by atoms with Crippen LogP contribution in [0, 0.1) is 5.92 Å². The molecule has 214 valence electrons. The summed E-state index contributed by atoms with van der Waals surface area (Å²) in [5, 5.41) is 14.7. The summed E-state index contributed by atoms with van der Waals surface area (Å²) in [6.07, 6.45) is 0.525. The molecule has 39 heavy (non-hydrogen) atoms. The maximum absolute atomic E-state index is 13.1. The van der Waals surface area contributed by atoms with Crippen LogP contribution in [0.1, 0.15) is 75.0 Å². The maximum atomic E-state index is 13.1. The lowest BCUT2D eigenvalue weighted by molar-refractivity contribution is -0.0586. The second-order valence-corrected chi connectivity index (χ2v) is 12.0. The van der Waals surface area contributed by atoms with Crippen molar-refractivity contribution < 1.29 is 32.6 Å². The van der Waals surface area contributed by atoms with Crippen molar-refractivity contribution in [2.45, 2.75) is 88.5 Å². The van der Waals surface area contributed by atoms with Crippen LogP contribution < -0.4 is 15.4 Å². The van der Waals surface area contributed by atoms with Crippen molar-refractivity contribution in [1.82, 2.24) is 24.9 Å². The molecule has 11 nitrogen and oxygen atoms in total. The third kappa shape index (κ3) is 5.59. The number of ether oxygens (including phenoxy) is 3. The number of rotatable bonds is 9. The van der Waals surface area contributed by atoms with E-state index in [0.29, 0.717) is 18.7 Å². The summed E-state index contributed by atoms with van der Waals surface area (Å²) in [4.78, 5) is 25.7. The van der Waals surface area contributed by atoms with E-state index in [1.807, 2.05) is 26.8 Å². The zero-order valence-corrected chi connectivity index (χ0v) is 22.9. The van der Waals surface area contributed by atoms with E-state index in [9.17, 15) is 18.4 Å². The van der Waals surface area contributed by atoms with E-state index in [4.69, 9.17) is 19.3 Å². The number of nitrogens with one attached hydrogen (secondary N) is 2. The molecule has 6 rings (SSSR count). The number of hydrogen-bond donors (Lipinski definition) is 2. The van der Waals surface area contributed by atoms with Crippen molar-refractivity contribution in [3.05, 3.63) is 23.5 Å². The highest BCUT2D eigenvalue weighted by atomic mass is 19.3. The summed E-state index contributed by atoms with van der Waals surface area (Å²) in [7, 11) is 3.14. The lowest BCUT2D eigenvalue weighted by Gasteiger charge is -2.61. The van der Waals surface area contributed by atoms with Gasteiger partial charge in [-0.2, -0.15) is 5.10 Å². The van der Waals surface area contributed by atoms with Gasteiger partial charge in [0.15, 0.2) is 6.61 Å². The third-order valence-electron chi connectivity index (χ3n) is 7.89. The fourth-order valence-corrected chi connectivity index (χ4v) is 5.84. The normalized spacial score (nSPS) is 27.6. The summed E-state index contributed by atoms with van der Waals surface area (Å²) >= 11 is 0. The first-order valence-electron chi connectivity index (χ1n) is 13.2. The predicted molar refractivity (Wildman–Crippen MR) is 136 cm³/mol. The summed E-state index contributed by atoms with van der Waals surface area (Å²) in [6, 6.07) is 3.13. The molecule has 2 amide bonds. The molecule has 4 saturated carbocycles. The number of aromatic nitrogens is 4. The minimum Gasteiger partial charge on any atom is -0.471 e. The molecule has 3 atom stereocenters. The van der Waals surface area contributed by atoms with E-state index in [2.05, 4.69) is 15.7 Å². The van der Waals surface area contributed by atoms with E-state index in [-0.39, 0.29) is 29.1 Å². The van der Waals surface area contributed by atoms with Crippen LogP contribution in [0.3, 0.4) is 0 Å². The molecule has 2 aromatic rings. The number of aryl methyl sites for hydroxylation is 1. The summed E-state index contributed by atoms with van der Waals surface area (Å²) in [6.45, 7) is 5.09. The maximum Gasteiger partial charge on any atom is 0.407 e. The van der Waals surface area contributed by atoms with Gasteiger partial charge in [-0.15, -0.1) is 5.10 Å². The molecule has 13 heteroatoms. The van der Waals surface area contributed by atoms with Gasteiger partial charge in [-0.25, -0.2) is 18.3 Å². The molecule has 0 saturated heterocycles. The molecule has 0 aromatic carbocycles. The quantitative estimate of drug-likeness (QED) is 0.487. The van der Waals surface area contributed by atoms with Gasteiger partial charge < -0.3 is 24.8 Å². The first-order chi connectivity index (χ1) is 18.4. The highest BCUT2D eigenvalue weighted by molar-refractivity contribution is 6.02. The largest absolute Gasteiger partial charge is 0.471 e. The summed E-state index contributed by atoms with van der Waals surface area (Å²) in [5.41, 5.74) is 0.367. The van der Waals surface area contributed by atoms with Gasteiger partial charge in [-0.3, -0.25) is 9.48 Å². The van der Waals surface area contributed by atoms with Crippen LogP contribution in [-0.2, 0) is 22.1 Å². The molecule has 4 aliphatic carbocycles. The fraction of sp³-hybridized carbons (Fsp3) is 0.692. The third-order valence-corrected chi connectivity index (χ3v) is 7.89. The SMILES string of the molecule is CO[C@@H]1C[C@H](c2cc(NC(=O)c3cc(OCC(F)F)nn3C)n(C(C)(C)C)n2)C[C@@H]1OC(=O)NC12CC(C1)C2. The number of carbonyl (C=O) groups excluding carboxylic acids is 2. The van der Waals surface area contributed by atoms with Crippen LogP contribution in [0.25, 0.3) is 0 Å². The smallest absolute Gasteiger partial charge is 0.407 e. The Morgan fingerprint density at radius 1 is 1.15 bits per heavy atom. The Hall–Kier alpha value is -3.22. The Morgan fingerprint density at radius 3 is 2.44 bits per heavy atom. The highest BCUT2D eigenvalue weighted by Gasteiger charge is 2.58. The van der Waals surface area contributed by atoms with E-state index in [0.717, 1.165) is 30.9 Å². The summed E-state index contributed by atoms with van der Waals surface area (Å²) < 4.78 is 44.4. The van der Waals surface area contributed by atoms with Crippen LogP contribution in [0.15, 0.2) is 12.1 Å². The zero-order valence-electron chi connectivity index (χ0n) is 22.9. The number of alkyl halides is 2. The van der Waals surface area contributed by atoms with Crippen LogP contribution in [0.2, 0.25) is 0 Å². The molecular formula is C26H36F2N6O5. The van der Waals surface area contributed by atoms with Gasteiger partial charge in [0.1, 0.15) is 17.6 Å². The fourth-order valence-electron chi connectivity index (χ4n) is 5.84. The monoisotopic (exact) mass is 550 g/mol. The van der Waals surface area contributed by atoms with Crippen molar-refractivity contribution >= 4 is 17.8 Å². The Kier molecular flexibility index (Phi) is 7.06. The van der Waals surface area contributed by atoms with Crippen molar-refractivity contribution in [2.75, 3.05) is 19.0 Å². The average molecular weight is 551 g/mol. The topological polar surface area (TPSA) is 122 Å². The Morgan fingerprint density at radius 2 is 1.85 bits per heavy atom. The van der Waals surface area contributed by atoms with E-state index >= 15 is 0 Å². The molecule has 0 spiro atoms. The molecule has 2 N–H and O–H groups in total. The van der Waals surface area contributed by atoms with E-state index in [1.165, 1.54) is 17.8 Å². The van der Waals surface area contributed by atoms with Crippen molar-refractivity contribution in [2.24, 2.45) is 13.0 Å². The van der Waals surface area contributed by atoms with E-state index in [1.54, 1.807) is 11.8 Å². The minimum atomic E-state index is -2.65. The van der Waals surface area contributed by atoms with Crippen LogP contribution in [0.4, 0.5) is 19.4 Å².